The van der Waals surface area contributed by atoms with Crippen LogP contribution in [0.3, 0.4) is 0 Å². The van der Waals surface area contributed by atoms with E-state index in [1.807, 2.05) is 35.2 Å². The molecule has 4 aliphatic rings. The molecule has 3 heterocycles. The van der Waals surface area contributed by atoms with Crippen LogP contribution in [-0.2, 0) is 19.1 Å². The van der Waals surface area contributed by atoms with Crippen LogP contribution < -0.4 is 4.90 Å². The fraction of sp³-hybridized carbons (Fsp3) is 0.618. The van der Waals surface area contributed by atoms with Gasteiger partial charge in [-0.05, 0) is 50.7 Å². The molecule has 2 bridgehead atoms. The van der Waals surface area contributed by atoms with Gasteiger partial charge >= 0.3 is 0 Å². The van der Waals surface area contributed by atoms with Gasteiger partial charge in [0.05, 0.1) is 17.9 Å². The van der Waals surface area contributed by atoms with E-state index in [4.69, 9.17) is 4.74 Å². The van der Waals surface area contributed by atoms with Crippen LogP contribution in [0.4, 0.5) is 5.69 Å². The summed E-state index contributed by atoms with van der Waals surface area (Å²) in [5.74, 6) is -1.68. The Morgan fingerprint density at radius 1 is 0.976 bits per heavy atom. The number of aliphatic hydroxyl groups is 1. The van der Waals surface area contributed by atoms with Crippen molar-refractivity contribution < 1.29 is 24.2 Å². The van der Waals surface area contributed by atoms with Gasteiger partial charge in [-0.1, -0.05) is 62.5 Å². The first kappa shape index (κ1) is 30.5. The summed E-state index contributed by atoms with van der Waals surface area (Å²) in [4.78, 5) is 48.8. The van der Waals surface area contributed by atoms with E-state index in [1.54, 1.807) is 22.0 Å². The van der Waals surface area contributed by atoms with E-state index in [0.717, 1.165) is 57.1 Å². The lowest BCUT2D eigenvalue weighted by Gasteiger charge is -2.40. The first-order valence-electron chi connectivity index (χ1n) is 16.0. The van der Waals surface area contributed by atoms with E-state index in [0.29, 0.717) is 32.5 Å². The zero-order valence-corrected chi connectivity index (χ0v) is 24.9. The second kappa shape index (κ2) is 13.6. The van der Waals surface area contributed by atoms with E-state index >= 15 is 0 Å². The Balaban J connectivity index is 1.48. The van der Waals surface area contributed by atoms with E-state index in [1.165, 1.54) is 6.42 Å². The Bertz CT molecular complexity index is 1140. The first-order chi connectivity index (χ1) is 20.5. The topological polar surface area (TPSA) is 90.4 Å². The number of hydrogen-bond acceptors (Lipinski definition) is 5. The number of likely N-dealkylation sites (tertiary alicyclic amines) is 1. The van der Waals surface area contributed by atoms with Gasteiger partial charge in [0, 0.05) is 38.0 Å². The fourth-order valence-corrected chi connectivity index (χ4v) is 8.05. The number of carbonyl (C=O) groups is 3. The Morgan fingerprint density at radius 2 is 1.69 bits per heavy atom. The Kier molecular flexibility index (Phi) is 9.84. The smallest absolute Gasteiger partial charge is 0.248 e. The quantitative estimate of drug-likeness (QED) is 0.260. The first-order valence-corrected chi connectivity index (χ1v) is 16.0. The largest absolute Gasteiger partial charge is 0.396 e. The van der Waals surface area contributed by atoms with Crippen LogP contribution >= 0.6 is 0 Å². The normalized spacial score (nSPS) is 28.5. The van der Waals surface area contributed by atoms with Crippen LogP contribution in [0.1, 0.15) is 70.6 Å². The molecular weight excluding hydrogens is 530 g/mol. The molecule has 1 N–H and O–H groups in total. The summed E-state index contributed by atoms with van der Waals surface area (Å²) in [5, 5.41) is 9.21. The lowest BCUT2D eigenvalue weighted by atomic mass is 9.70. The fourth-order valence-electron chi connectivity index (χ4n) is 8.05. The molecule has 1 saturated carbocycles. The molecule has 5 rings (SSSR count). The Hall–Kier alpha value is -2.97. The van der Waals surface area contributed by atoms with Gasteiger partial charge in [-0.25, -0.2) is 0 Å². The molecule has 42 heavy (non-hydrogen) atoms. The van der Waals surface area contributed by atoms with Crippen LogP contribution in [0.2, 0.25) is 0 Å². The molecule has 1 aromatic carbocycles. The van der Waals surface area contributed by atoms with Gasteiger partial charge < -0.3 is 24.5 Å². The van der Waals surface area contributed by atoms with Crippen LogP contribution in [0, 0.1) is 11.8 Å². The minimum absolute atomic E-state index is 0.0623. The number of anilines is 1. The minimum atomic E-state index is -1.01. The molecule has 3 amide bonds. The molecule has 3 aliphatic heterocycles. The molecule has 1 aliphatic carbocycles. The average Bonchev–Trinajstić information content (AvgIpc) is 3.66. The zero-order chi connectivity index (χ0) is 29.7. The number of unbranched alkanes of at least 4 members (excludes halogenated alkanes) is 3. The number of fused-ring (bicyclic) bond motifs is 1. The molecule has 0 radical (unpaired) electrons. The SMILES string of the molecule is C=CCN(C(=O)[C@@H]1[C@@H]2CCC3(O2)C(C(=O)N(CC=C)C2CCCCC2)N(CCCCCCO)C(=O)[C@H]13)c1ccccc1. The third kappa shape index (κ3) is 5.55. The van der Waals surface area contributed by atoms with Crippen molar-refractivity contribution in [2.75, 3.05) is 31.1 Å². The Labute approximate surface area is 250 Å². The maximum atomic E-state index is 14.6. The van der Waals surface area contributed by atoms with Gasteiger partial charge in [0.2, 0.25) is 17.7 Å². The summed E-state index contributed by atoms with van der Waals surface area (Å²) in [6, 6.07) is 8.86. The summed E-state index contributed by atoms with van der Waals surface area (Å²) in [6.45, 7) is 9.17. The number of rotatable bonds is 14. The lowest BCUT2D eigenvalue weighted by Crippen LogP contribution is -2.58. The second-order valence-corrected chi connectivity index (χ2v) is 12.4. The van der Waals surface area contributed by atoms with Crippen molar-refractivity contribution in [1.82, 2.24) is 9.80 Å². The van der Waals surface area contributed by atoms with Crippen molar-refractivity contribution >= 4 is 23.4 Å². The molecule has 8 nitrogen and oxygen atoms in total. The van der Waals surface area contributed by atoms with Gasteiger partial charge in [-0.2, -0.15) is 0 Å². The van der Waals surface area contributed by atoms with E-state index in [2.05, 4.69) is 13.2 Å². The highest BCUT2D eigenvalue weighted by atomic mass is 16.5. The van der Waals surface area contributed by atoms with Crippen molar-refractivity contribution in [3.63, 3.8) is 0 Å². The van der Waals surface area contributed by atoms with Gasteiger partial charge in [-0.3, -0.25) is 14.4 Å². The summed E-state index contributed by atoms with van der Waals surface area (Å²) in [7, 11) is 0. The zero-order valence-electron chi connectivity index (χ0n) is 24.9. The number of hydrogen-bond donors (Lipinski definition) is 1. The summed E-state index contributed by atoms with van der Waals surface area (Å²) >= 11 is 0. The van der Waals surface area contributed by atoms with Gasteiger partial charge in [0.1, 0.15) is 11.6 Å². The molecule has 2 unspecified atom stereocenters. The molecule has 228 valence electrons. The number of amides is 3. The summed E-state index contributed by atoms with van der Waals surface area (Å²) in [6.07, 6.45) is 12.8. The number of benzene rings is 1. The van der Waals surface area contributed by atoms with Crippen molar-refractivity contribution in [1.29, 1.82) is 0 Å². The van der Waals surface area contributed by atoms with Crippen LogP contribution in [0.15, 0.2) is 55.6 Å². The third-order valence-corrected chi connectivity index (χ3v) is 9.90. The standard InChI is InChI=1S/C34H47N3O5/c1-3-21-35(25-15-9-7-10-16-25)31(39)28-27-19-20-34(42-27)29(28)32(40)37(23-13-5-6-14-24-38)30(34)33(41)36(22-4-2)26-17-11-8-12-18-26/h3-4,7,9-10,15-16,26-30,38H,1-2,5-6,8,11-14,17-24H2/t27-,28+,29-,30?,34?/m0/s1. The summed E-state index contributed by atoms with van der Waals surface area (Å²) < 4.78 is 6.73. The van der Waals surface area contributed by atoms with Crippen LogP contribution in [-0.4, -0.2) is 82.7 Å². The van der Waals surface area contributed by atoms with Crippen LogP contribution in [0.5, 0.6) is 0 Å². The number of aliphatic hydroxyl groups excluding tert-OH is 1. The average molecular weight is 578 g/mol. The van der Waals surface area contributed by atoms with E-state index < -0.39 is 29.6 Å². The molecular formula is C34H47N3O5. The highest BCUT2D eigenvalue weighted by Crippen LogP contribution is 2.59. The highest BCUT2D eigenvalue weighted by Gasteiger charge is 2.75. The van der Waals surface area contributed by atoms with E-state index in [-0.39, 0.29) is 30.4 Å². The highest BCUT2D eigenvalue weighted by molar-refractivity contribution is 6.03. The molecule has 1 aromatic rings. The number of ether oxygens (including phenoxy) is 1. The molecule has 8 heteroatoms. The van der Waals surface area contributed by atoms with Crippen molar-refractivity contribution in [3.8, 4) is 0 Å². The predicted octanol–water partition coefficient (Wildman–Crippen LogP) is 4.48. The third-order valence-electron chi connectivity index (χ3n) is 9.90. The van der Waals surface area contributed by atoms with Gasteiger partial charge in [0.25, 0.3) is 0 Å². The number of nitrogens with zero attached hydrogens (tertiary/aromatic N) is 3. The predicted molar refractivity (Wildman–Crippen MR) is 163 cm³/mol. The van der Waals surface area contributed by atoms with Crippen LogP contribution in [0.25, 0.3) is 0 Å². The summed E-state index contributed by atoms with van der Waals surface area (Å²) in [5.41, 5.74) is -0.248. The molecule has 3 saturated heterocycles. The van der Waals surface area contributed by atoms with Gasteiger partial charge in [-0.15, -0.1) is 13.2 Å². The molecule has 1 spiro atoms. The number of para-hydroxylation sites is 1. The minimum Gasteiger partial charge on any atom is -0.396 e. The maximum Gasteiger partial charge on any atom is 0.248 e. The van der Waals surface area contributed by atoms with Crippen molar-refractivity contribution in [2.24, 2.45) is 11.8 Å². The number of carbonyl (C=O) groups excluding carboxylic acids is 3. The van der Waals surface area contributed by atoms with Gasteiger partial charge in [0.15, 0.2) is 0 Å². The van der Waals surface area contributed by atoms with Crippen molar-refractivity contribution in [3.05, 3.63) is 55.6 Å². The second-order valence-electron chi connectivity index (χ2n) is 12.4. The van der Waals surface area contributed by atoms with Crippen molar-refractivity contribution in [2.45, 2.75) is 94.4 Å². The molecule has 5 atom stereocenters. The molecule has 4 fully saturated rings. The monoisotopic (exact) mass is 577 g/mol. The lowest BCUT2D eigenvalue weighted by molar-refractivity contribution is -0.150. The van der Waals surface area contributed by atoms with E-state index in [9.17, 15) is 19.5 Å². The molecule has 0 aromatic heterocycles. The Morgan fingerprint density at radius 3 is 2.38 bits per heavy atom. The maximum absolute atomic E-state index is 14.6.